The Hall–Kier alpha value is 0.700. The molecule has 3 aliphatic rings. The topological polar surface area (TPSA) is 26.3 Å². The quantitative estimate of drug-likeness (QED) is 0.424. The molecule has 0 spiro atoms. The van der Waals surface area contributed by atoms with Crippen molar-refractivity contribution in [3.05, 3.63) is 0 Å². The van der Waals surface area contributed by atoms with Crippen molar-refractivity contribution in [1.29, 1.82) is 0 Å². The summed E-state index contributed by atoms with van der Waals surface area (Å²) in [5.74, 6) is -0.754. The Morgan fingerprint density at radius 2 is 1.90 bits per heavy atom. The molecule has 0 N–H and O–H groups in total. The summed E-state index contributed by atoms with van der Waals surface area (Å²) >= 11 is 10.5. The van der Waals surface area contributed by atoms with Crippen LogP contribution in [0.15, 0.2) is 0 Å². The predicted molar refractivity (Wildman–Crippen MR) is 79.3 cm³/mol. The van der Waals surface area contributed by atoms with Crippen LogP contribution in [0.5, 0.6) is 0 Å². The third-order valence-corrected chi connectivity index (χ3v) is 8.45. The highest BCUT2D eigenvalue weighted by Gasteiger charge is 2.84. The summed E-state index contributed by atoms with van der Waals surface area (Å²) in [5, 5.41) is 0. The van der Waals surface area contributed by atoms with Crippen LogP contribution in [0, 0.1) is 16.2 Å². The third-order valence-electron chi connectivity index (χ3n) is 5.22. The summed E-state index contributed by atoms with van der Waals surface area (Å²) in [4.78, 5) is 12.1. The maximum Gasteiger partial charge on any atom is 0.422 e. The van der Waals surface area contributed by atoms with Gasteiger partial charge in [0.25, 0.3) is 0 Å². The van der Waals surface area contributed by atoms with E-state index < -0.39 is 29.6 Å². The summed E-state index contributed by atoms with van der Waals surface area (Å²) in [7, 11) is 0. The van der Waals surface area contributed by atoms with E-state index >= 15 is 0 Å². The molecule has 3 fully saturated rings. The van der Waals surface area contributed by atoms with Gasteiger partial charge in [0.05, 0.1) is 9.15 Å². The van der Waals surface area contributed by atoms with E-state index in [0.29, 0.717) is 6.42 Å². The maximum absolute atomic E-state index is 12.3. The standard InChI is InChI=1S/C12H14Br3F3O2/c1-9(2)10(7(14)15)3-4-11(9,6(10)13)8(19)20-5-12(16,17)18/h6-7H,3-5H2,1-2H3. The van der Waals surface area contributed by atoms with E-state index in [1.165, 1.54) is 0 Å². The number of fused-ring (bicyclic) bond motifs is 1. The van der Waals surface area contributed by atoms with Crippen LogP contribution >= 0.6 is 47.8 Å². The highest BCUT2D eigenvalue weighted by Crippen LogP contribution is 2.82. The largest absolute Gasteiger partial charge is 0.456 e. The van der Waals surface area contributed by atoms with E-state index in [-0.39, 0.29) is 14.0 Å². The zero-order valence-corrected chi connectivity index (χ0v) is 15.6. The third kappa shape index (κ3) is 1.89. The molecule has 20 heavy (non-hydrogen) atoms. The fourth-order valence-corrected chi connectivity index (χ4v) is 8.82. The summed E-state index contributed by atoms with van der Waals surface area (Å²) in [6.45, 7) is 2.31. The summed E-state index contributed by atoms with van der Waals surface area (Å²) in [6.07, 6.45) is -3.22. The number of hydrogen-bond donors (Lipinski definition) is 0. The van der Waals surface area contributed by atoms with Gasteiger partial charge in [0.15, 0.2) is 6.61 Å². The lowest BCUT2D eigenvalue weighted by Gasteiger charge is -2.65. The molecule has 2 bridgehead atoms. The number of carbonyl (C=O) groups excluding carboxylic acids is 1. The number of alkyl halides is 6. The first-order valence-corrected chi connectivity index (χ1v) is 8.84. The molecule has 2 nitrogen and oxygen atoms in total. The SMILES string of the molecule is CC1(C)C2(C(=O)OCC(F)(F)F)CCC1(C(Br)Br)C2Br. The van der Waals surface area contributed by atoms with Crippen LogP contribution in [0.3, 0.4) is 0 Å². The highest BCUT2D eigenvalue weighted by atomic mass is 79.9. The molecule has 116 valence electrons. The average molecular weight is 487 g/mol. The van der Waals surface area contributed by atoms with Gasteiger partial charge in [-0.05, 0) is 18.3 Å². The van der Waals surface area contributed by atoms with Gasteiger partial charge in [-0.25, -0.2) is 0 Å². The Labute approximate surface area is 140 Å². The number of rotatable bonds is 3. The average Bonchev–Trinajstić information content (AvgIpc) is 2.74. The Balaban J connectivity index is 2.23. The molecule has 0 amide bonds. The van der Waals surface area contributed by atoms with Crippen LogP contribution in [0.4, 0.5) is 13.2 Å². The van der Waals surface area contributed by atoms with E-state index in [2.05, 4.69) is 52.5 Å². The lowest BCUT2D eigenvalue weighted by molar-refractivity contribution is -0.211. The number of carbonyl (C=O) groups is 1. The van der Waals surface area contributed by atoms with Crippen molar-refractivity contribution < 1.29 is 22.7 Å². The molecule has 8 heteroatoms. The van der Waals surface area contributed by atoms with Gasteiger partial charge in [0, 0.05) is 10.2 Å². The van der Waals surface area contributed by atoms with E-state index in [1.54, 1.807) is 0 Å². The summed E-state index contributed by atoms with van der Waals surface area (Å²) in [6, 6.07) is 0. The second-order valence-electron chi connectivity index (χ2n) is 5.99. The summed E-state index contributed by atoms with van der Waals surface area (Å²) < 4.78 is 41.2. The minimum absolute atomic E-state index is 0.0204. The molecule has 0 heterocycles. The molecule has 0 radical (unpaired) electrons. The Kier molecular flexibility index (Phi) is 4.13. The molecule has 3 atom stereocenters. The number of esters is 1. The molecule has 3 unspecified atom stereocenters. The monoisotopic (exact) mass is 484 g/mol. The van der Waals surface area contributed by atoms with Crippen LogP contribution < -0.4 is 0 Å². The van der Waals surface area contributed by atoms with Gasteiger partial charge in [0.2, 0.25) is 0 Å². The molecule has 0 aromatic heterocycles. The molecule has 0 aliphatic heterocycles. The van der Waals surface area contributed by atoms with E-state index in [0.717, 1.165) is 6.42 Å². The Bertz CT molecular complexity index is 438. The fourth-order valence-electron chi connectivity index (χ4n) is 3.92. The minimum Gasteiger partial charge on any atom is -0.456 e. The molecule has 0 aromatic rings. The van der Waals surface area contributed by atoms with Crippen LogP contribution in [0.25, 0.3) is 0 Å². The van der Waals surface area contributed by atoms with Crippen molar-refractivity contribution in [1.82, 2.24) is 0 Å². The molecule has 0 saturated heterocycles. The summed E-state index contributed by atoms with van der Waals surface area (Å²) in [5.41, 5.74) is -1.56. The van der Waals surface area contributed by atoms with Gasteiger partial charge in [-0.1, -0.05) is 61.6 Å². The molecule has 3 saturated carbocycles. The van der Waals surface area contributed by atoms with Crippen LogP contribution in [-0.4, -0.2) is 27.3 Å². The van der Waals surface area contributed by atoms with Crippen molar-refractivity contribution in [2.75, 3.05) is 6.61 Å². The highest BCUT2D eigenvalue weighted by molar-refractivity contribution is 9.24. The Morgan fingerprint density at radius 3 is 2.25 bits per heavy atom. The number of halogens is 6. The van der Waals surface area contributed by atoms with E-state index in [4.69, 9.17) is 0 Å². The Morgan fingerprint density at radius 1 is 1.35 bits per heavy atom. The van der Waals surface area contributed by atoms with Crippen LogP contribution in [0.1, 0.15) is 26.7 Å². The number of hydrogen-bond acceptors (Lipinski definition) is 2. The maximum atomic E-state index is 12.3. The lowest BCUT2D eigenvalue weighted by atomic mass is 9.43. The van der Waals surface area contributed by atoms with Crippen molar-refractivity contribution >= 4 is 53.8 Å². The van der Waals surface area contributed by atoms with Gasteiger partial charge < -0.3 is 4.74 Å². The zero-order valence-electron chi connectivity index (χ0n) is 10.9. The zero-order chi connectivity index (χ0) is 15.6. The molecule has 3 rings (SSSR count). The van der Waals surface area contributed by atoms with Gasteiger partial charge in [0.1, 0.15) is 0 Å². The first kappa shape index (κ1) is 17.1. The normalized spacial score (nSPS) is 38.8. The van der Waals surface area contributed by atoms with Crippen molar-refractivity contribution in [2.24, 2.45) is 16.2 Å². The fraction of sp³-hybridized carbons (Fsp3) is 0.917. The van der Waals surface area contributed by atoms with Gasteiger partial charge in [-0.3, -0.25) is 4.79 Å². The first-order chi connectivity index (χ1) is 8.93. The molecule has 3 aliphatic carbocycles. The van der Waals surface area contributed by atoms with Gasteiger partial charge in [-0.15, -0.1) is 0 Å². The van der Waals surface area contributed by atoms with Gasteiger partial charge in [-0.2, -0.15) is 13.2 Å². The first-order valence-electron chi connectivity index (χ1n) is 6.10. The lowest BCUT2D eigenvalue weighted by Crippen LogP contribution is -2.70. The van der Waals surface area contributed by atoms with Crippen LogP contribution in [0.2, 0.25) is 0 Å². The van der Waals surface area contributed by atoms with E-state index in [9.17, 15) is 18.0 Å². The number of ether oxygens (including phenoxy) is 1. The van der Waals surface area contributed by atoms with Crippen LogP contribution in [-0.2, 0) is 9.53 Å². The van der Waals surface area contributed by atoms with Gasteiger partial charge >= 0.3 is 12.1 Å². The molecule has 0 aromatic carbocycles. The van der Waals surface area contributed by atoms with Crippen molar-refractivity contribution in [2.45, 2.75) is 41.4 Å². The molecular formula is C12H14Br3F3O2. The predicted octanol–water partition coefficient (Wildman–Crippen LogP) is 4.78. The molecular weight excluding hydrogens is 473 g/mol. The minimum atomic E-state index is -4.49. The smallest absolute Gasteiger partial charge is 0.422 e. The second kappa shape index (κ2) is 4.85. The van der Waals surface area contributed by atoms with E-state index in [1.807, 2.05) is 13.8 Å². The van der Waals surface area contributed by atoms with Crippen molar-refractivity contribution in [3.8, 4) is 0 Å². The second-order valence-corrected chi connectivity index (χ2v) is 9.97. The van der Waals surface area contributed by atoms with Crippen molar-refractivity contribution in [3.63, 3.8) is 0 Å².